The number of nitrogens with zero attached hydrogens (tertiary/aromatic N) is 2. The Bertz CT molecular complexity index is 2330. The van der Waals surface area contributed by atoms with Crippen LogP contribution in [0.2, 0.25) is 18.6 Å². The van der Waals surface area contributed by atoms with E-state index in [2.05, 4.69) is 42.5 Å². The van der Waals surface area contributed by atoms with Gasteiger partial charge in [0.2, 0.25) is 11.8 Å². The first kappa shape index (κ1) is 39.4. The number of methoxy groups -OCH3 is 2. The van der Waals surface area contributed by atoms with Gasteiger partial charge in [-0.25, -0.2) is 0 Å². The summed E-state index contributed by atoms with van der Waals surface area (Å²) in [6, 6.07) is 29.2. The van der Waals surface area contributed by atoms with Crippen molar-refractivity contribution in [2.24, 2.45) is 5.92 Å². The Kier molecular flexibility index (Phi) is 10.7. The molecule has 5 atom stereocenters. The summed E-state index contributed by atoms with van der Waals surface area (Å²) in [5.74, 6) is 0.719. The van der Waals surface area contributed by atoms with Crippen LogP contribution in [0.3, 0.4) is 0 Å². The second-order valence-corrected chi connectivity index (χ2v) is 21.2. The highest BCUT2D eigenvalue weighted by Gasteiger charge is 2.66. The SMILES string of the molecule is COc1ccc([Si](C)(C)[C@H]2[C@H](CC(=O)N3CCC[C@H]3CO)O[C@@]3(C(=O)N(Cc4ccc(NC(=O)Cc5c[nH]c6ccccc56)cc4)c4ccc(OC)cc43)[C@@H]2C)cc1. The molecule has 0 radical (unpaired) electrons. The van der Waals surface area contributed by atoms with E-state index < -0.39 is 19.8 Å². The molecule has 58 heavy (non-hydrogen) atoms. The topological polar surface area (TPSA) is 133 Å². The van der Waals surface area contributed by atoms with Crippen LogP contribution < -0.4 is 24.9 Å². The summed E-state index contributed by atoms with van der Waals surface area (Å²) in [6.45, 7) is 7.50. The molecule has 0 unspecified atom stereocenters. The lowest BCUT2D eigenvalue weighted by Crippen LogP contribution is -2.52. The molecule has 2 fully saturated rings. The first-order chi connectivity index (χ1) is 28.0. The molecule has 0 bridgehead atoms. The molecule has 2 saturated heterocycles. The monoisotopic (exact) mass is 800 g/mol. The number of benzene rings is 4. The van der Waals surface area contributed by atoms with E-state index in [1.165, 1.54) is 5.19 Å². The van der Waals surface area contributed by atoms with Gasteiger partial charge < -0.3 is 39.4 Å². The number of carbonyl (C=O) groups excluding carboxylic acids is 3. The summed E-state index contributed by atoms with van der Waals surface area (Å²) < 4.78 is 18.4. The number of aliphatic hydroxyl groups is 1. The predicted octanol–water partition coefficient (Wildman–Crippen LogP) is 6.50. The number of ether oxygens (including phenoxy) is 3. The molecule has 0 aliphatic carbocycles. The minimum Gasteiger partial charge on any atom is -0.497 e. The van der Waals surface area contributed by atoms with Crippen LogP contribution in [-0.2, 0) is 37.7 Å². The van der Waals surface area contributed by atoms with Gasteiger partial charge in [-0.3, -0.25) is 14.4 Å². The standard InChI is InChI=1S/C46H52N4O7Si/c1-29-44(58(4,5)36-19-16-34(55-2)17-20-36)41(25-43(53)49-22-8-9-33(49)28-51)57-46(29)38-24-35(56-3)18-21-40(38)50(45(46)54)27-30-12-14-32(15-13-30)48-42(52)23-31-26-47-39-11-7-6-10-37(31)39/h6-7,10-21,24,26,29,33,41,44,47,51H,8-9,22-23,25,27-28H2,1-5H3,(H,48,52)/t29-,33+,41+,44-,46+/m1/s1. The van der Waals surface area contributed by atoms with Crippen molar-refractivity contribution in [1.82, 2.24) is 9.88 Å². The highest BCUT2D eigenvalue weighted by Crippen LogP contribution is 2.60. The number of aromatic amines is 1. The van der Waals surface area contributed by atoms with Gasteiger partial charge in [-0.2, -0.15) is 0 Å². The Balaban J connectivity index is 1.09. The zero-order valence-electron chi connectivity index (χ0n) is 33.8. The average molecular weight is 801 g/mol. The number of likely N-dealkylation sites (tertiary alicyclic amines) is 1. The van der Waals surface area contributed by atoms with Gasteiger partial charge >= 0.3 is 0 Å². The fourth-order valence-electron chi connectivity index (χ4n) is 9.95. The number of hydrogen-bond donors (Lipinski definition) is 3. The molecule has 5 aromatic rings. The maximum absolute atomic E-state index is 15.3. The van der Waals surface area contributed by atoms with E-state index in [0.717, 1.165) is 51.9 Å². The number of amides is 3. The summed E-state index contributed by atoms with van der Waals surface area (Å²) in [5, 5.41) is 15.3. The summed E-state index contributed by atoms with van der Waals surface area (Å²) in [4.78, 5) is 49.3. The van der Waals surface area contributed by atoms with Crippen molar-refractivity contribution in [3.8, 4) is 11.5 Å². The van der Waals surface area contributed by atoms with Crippen LogP contribution in [0.4, 0.5) is 11.4 Å². The van der Waals surface area contributed by atoms with Crippen LogP contribution in [0.5, 0.6) is 11.5 Å². The molecule has 4 aromatic carbocycles. The highest BCUT2D eigenvalue weighted by atomic mass is 28.3. The molecule has 302 valence electrons. The Morgan fingerprint density at radius 3 is 2.43 bits per heavy atom. The van der Waals surface area contributed by atoms with Crippen molar-refractivity contribution < 1.29 is 33.7 Å². The van der Waals surface area contributed by atoms with E-state index in [9.17, 15) is 14.7 Å². The average Bonchev–Trinajstić information content (AvgIpc) is 4.00. The smallest absolute Gasteiger partial charge is 0.264 e. The van der Waals surface area contributed by atoms with Gasteiger partial charge in [-0.1, -0.05) is 67.7 Å². The number of hydrogen-bond acceptors (Lipinski definition) is 7. The van der Waals surface area contributed by atoms with E-state index in [1.54, 1.807) is 24.0 Å². The van der Waals surface area contributed by atoms with E-state index in [4.69, 9.17) is 14.2 Å². The van der Waals surface area contributed by atoms with Gasteiger partial charge in [0.05, 0.1) is 66.1 Å². The maximum atomic E-state index is 15.3. The second kappa shape index (κ2) is 15.7. The van der Waals surface area contributed by atoms with Gasteiger partial charge in [0, 0.05) is 40.8 Å². The fraction of sp³-hybridized carbons (Fsp3) is 0.370. The van der Waals surface area contributed by atoms with Crippen LogP contribution >= 0.6 is 0 Å². The number of fused-ring (bicyclic) bond motifs is 3. The van der Waals surface area contributed by atoms with Crippen molar-refractivity contribution in [2.45, 2.75) is 75.5 Å². The van der Waals surface area contributed by atoms with Crippen LogP contribution in [0.25, 0.3) is 10.9 Å². The van der Waals surface area contributed by atoms with Crippen LogP contribution in [0, 0.1) is 5.92 Å². The number of carbonyl (C=O) groups is 3. The van der Waals surface area contributed by atoms with Crippen molar-refractivity contribution in [3.05, 3.63) is 114 Å². The molecular formula is C46H52N4O7Si. The largest absolute Gasteiger partial charge is 0.497 e. The third-order valence-electron chi connectivity index (χ3n) is 12.9. The molecule has 12 heteroatoms. The Hall–Kier alpha value is -5.43. The molecule has 3 aliphatic heterocycles. The first-order valence-corrected chi connectivity index (χ1v) is 23.2. The van der Waals surface area contributed by atoms with Gasteiger partial charge in [0.25, 0.3) is 5.91 Å². The quantitative estimate of drug-likeness (QED) is 0.123. The molecule has 1 spiro atoms. The number of para-hydroxylation sites is 1. The highest BCUT2D eigenvalue weighted by molar-refractivity contribution is 6.91. The number of aromatic nitrogens is 1. The number of anilines is 2. The third kappa shape index (κ3) is 6.86. The van der Waals surface area contributed by atoms with Crippen LogP contribution in [-0.4, -0.2) is 80.3 Å². The van der Waals surface area contributed by atoms with E-state index in [-0.39, 0.29) is 61.2 Å². The summed E-state index contributed by atoms with van der Waals surface area (Å²) in [5.41, 5.74) is 3.45. The molecular weight excluding hydrogens is 749 g/mol. The van der Waals surface area contributed by atoms with Crippen molar-refractivity contribution in [2.75, 3.05) is 37.6 Å². The fourth-order valence-corrected chi connectivity index (χ4v) is 14.0. The van der Waals surface area contributed by atoms with E-state index in [1.807, 2.05) is 85.1 Å². The molecule has 4 heterocycles. The number of rotatable bonds is 12. The normalized spacial score (nSPS) is 22.8. The van der Waals surface area contributed by atoms with Gasteiger partial charge in [-0.05, 0) is 78.0 Å². The molecule has 3 amide bonds. The Labute approximate surface area is 340 Å². The molecule has 3 N–H and O–H groups in total. The molecule has 3 aliphatic rings. The molecule has 8 rings (SSSR count). The lowest BCUT2D eigenvalue weighted by molar-refractivity contribution is -0.150. The van der Waals surface area contributed by atoms with E-state index >= 15 is 4.79 Å². The van der Waals surface area contributed by atoms with Crippen molar-refractivity contribution in [1.29, 1.82) is 0 Å². The van der Waals surface area contributed by atoms with Gasteiger partial charge in [0.15, 0.2) is 5.60 Å². The summed E-state index contributed by atoms with van der Waals surface area (Å²) >= 11 is 0. The van der Waals surface area contributed by atoms with E-state index in [0.29, 0.717) is 18.0 Å². The Morgan fingerprint density at radius 1 is 0.983 bits per heavy atom. The Morgan fingerprint density at radius 2 is 1.71 bits per heavy atom. The third-order valence-corrected chi connectivity index (χ3v) is 17.3. The van der Waals surface area contributed by atoms with Crippen LogP contribution in [0.1, 0.15) is 42.9 Å². The minimum absolute atomic E-state index is 0.0582. The molecule has 11 nitrogen and oxygen atoms in total. The van der Waals surface area contributed by atoms with Gasteiger partial charge in [0.1, 0.15) is 11.5 Å². The summed E-state index contributed by atoms with van der Waals surface area (Å²) in [6.07, 6.45) is 3.28. The van der Waals surface area contributed by atoms with Crippen LogP contribution in [0.15, 0.2) is 97.2 Å². The minimum atomic E-state index is -2.50. The lowest BCUT2D eigenvalue weighted by atomic mass is 9.82. The summed E-state index contributed by atoms with van der Waals surface area (Å²) in [7, 11) is 0.765. The molecule has 1 aromatic heterocycles. The zero-order chi connectivity index (χ0) is 40.8. The number of aliphatic hydroxyl groups excluding tert-OH is 1. The second-order valence-electron chi connectivity index (χ2n) is 16.5. The predicted molar refractivity (Wildman–Crippen MR) is 227 cm³/mol. The van der Waals surface area contributed by atoms with Gasteiger partial charge in [-0.15, -0.1) is 0 Å². The lowest BCUT2D eigenvalue weighted by Gasteiger charge is -2.37. The maximum Gasteiger partial charge on any atom is 0.264 e. The zero-order valence-corrected chi connectivity index (χ0v) is 34.8. The van der Waals surface area contributed by atoms with Crippen molar-refractivity contribution in [3.63, 3.8) is 0 Å². The molecule has 0 saturated carbocycles. The number of H-pyrrole nitrogens is 1. The number of nitrogens with one attached hydrogen (secondary N) is 2. The first-order valence-electron chi connectivity index (χ1n) is 20.2. The van der Waals surface area contributed by atoms with Crippen molar-refractivity contribution >= 4 is 53.3 Å².